The van der Waals surface area contributed by atoms with Gasteiger partial charge in [-0.15, -0.1) is 0 Å². The molecule has 2 atom stereocenters. The van der Waals surface area contributed by atoms with E-state index in [4.69, 9.17) is 0 Å². The summed E-state index contributed by atoms with van der Waals surface area (Å²) in [5, 5.41) is 3.09. The third kappa shape index (κ3) is 2.42. The Morgan fingerprint density at radius 2 is 2.25 bits per heavy atom. The molecule has 2 aliphatic rings. The molecule has 0 aromatic carbocycles. The van der Waals surface area contributed by atoms with E-state index in [2.05, 4.69) is 14.9 Å². The van der Waals surface area contributed by atoms with Crippen molar-refractivity contribution in [1.82, 2.24) is 19.8 Å². The number of amides is 2. The van der Waals surface area contributed by atoms with Crippen molar-refractivity contribution in [2.45, 2.75) is 51.2 Å². The largest absolute Gasteiger partial charge is 0.350 e. The first-order chi connectivity index (χ1) is 9.65. The molecule has 0 bridgehead atoms. The second-order valence-electron chi connectivity index (χ2n) is 5.61. The lowest BCUT2D eigenvalue weighted by Crippen LogP contribution is -2.50. The lowest BCUT2D eigenvalue weighted by molar-refractivity contribution is -0.137. The molecule has 3 rings (SSSR count). The molecule has 1 N–H and O–H groups in total. The number of nitrogens with one attached hydrogen (secondary N) is 1. The average Bonchev–Trinajstić information content (AvgIpc) is 3.06. The van der Waals surface area contributed by atoms with Crippen LogP contribution in [0.2, 0.25) is 0 Å². The fraction of sp³-hybridized carbons (Fsp3) is 0.643. The molecule has 20 heavy (non-hydrogen) atoms. The summed E-state index contributed by atoms with van der Waals surface area (Å²) in [6, 6.07) is -0.143. The number of likely N-dealkylation sites (tertiary alicyclic amines) is 1. The fourth-order valence-corrected chi connectivity index (χ4v) is 3.20. The third-order valence-corrected chi connectivity index (χ3v) is 4.24. The highest BCUT2D eigenvalue weighted by Crippen LogP contribution is 2.19. The summed E-state index contributed by atoms with van der Waals surface area (Å²) in [5.41, 5.74) is 0. The summed E-state index contributed by atoms with van der Waals surface area (Å²) >= 11 is 0. The molecule has 6 heteroatoms. The van der Waals surface area contributed by atoms with Gasteiger partial charge in [-0.05, 0) is 19.3 Å². The van der Waals surface area contributed by atoms with E-state index < -0.39 is 0 Å². The van der Waals surface area contributed by atoms with Crippen LogP contribution in [0.4, 0.5) is 0 Å². The summed E-state index contributed by atoms with van der Waals surface area (Å²) in [5.74, 6) is 1.07. The first-order valence-electron chi connectivity index (χ1n) is 7.23. The Labute approximate surface area is 118 Å². The summed E-state index contributed by atoms with van der Waals surface area (Å²) in [4.78, 5) is 29.8. The second kappa shape index (κ2) is 5.26. The van der Waals surface area contributed by atoms with Crippen molar-refractivity contribution in [3.8, 4) is 0 Å². The van der Waals surface area contributed by atoms with Crippen molar-refractivity contribution in [3.63, 3.8) is 0 Å². The molecule has 6 nitrogen and oxygen atoms in total. The smallest absolute Gasteiger partial charge is 0.243 e. The second-order valence-corrected chi connectivity index (χ2v) is 5.61. The first kappa shape index (κ1) is 13.1. The van der Waals surface area contributed by atoms with Crippen LogP contribution in [0.3, 0.4) is 0 Å². The van der Waals surface area contributed by atoms with Crippen LogP contribution >= 0.6 is 0 Å². The minimum atomic E-state index is -0.281. The van der Waals surface area contributed by atoms with E-state index in [0.717, 1.165) is 38.1 Å². The Kier molecular flexibility index (Phi) is 3.46. The number of carbonyl (C=O) groups is 2. The Morgan fingerprint density at radius 1 is 1.40 bits per heavy atom. The molecule has 108 valence electrons. The highest BCUT2D eigenvalue weighted by Gasteiger charge is 2.33. The standard InChI is InChI=1S/C14H20N4O2/c1-10(19)18-7-2-3-12(18)14(20)16-11-4-5-13-15-6-8-17(13)9-11/h6,8,11-12H,2-5,7,9H2,1H3,(H,16,20). The molecule has 1 saturated heterocycles. The van der Waals surface area contributed by atoms with E-state index >= 15 is 0 Å². The highest BCUT2D eigenvalue weighted by molar-refractivity contribution is 5.87. The zero-order chi connectivity index (χ0) is 14.1. The van der Waals surface area contributed by atoms with Gasteiger partial charge in [-0.3, -0.25) is 9.59 Å². The lowest BCUT2D eigenvalue weighted by atomic mass is 10.1. The number of rotatable bonds is 2. The Balaban J connectivity index is 1.61. The van der Waals surface area contributed by atoms with E-state index in [9.17, 15) is 9.59 Å². The number of nitrogens with zero attached hydrogens (tertiary/aromatic N) is 3. The van der Waals surface area contributed by atoms with E-state index in [0.29, 0.717) is 6.54 Å². The van der Waals surface area contributed by atoms with Crippen molar-refractivity contribution in [2.24, 2.45) is 0 Å². The van der Waals surface area contributed by atoms with Crippen molar-refractivity contribution in [1.29, 1.82) is 0 Å². The van der Waals surface area contributed by atoms with Crippen molar-refractivity contribution in [2.75, 3.05) is 6.54 Å². The Bertz CT molecular complexity index is 525. The summed E-state index contributed by atoms with van der Waals surface area (Å²) < 4.78 is 2.09. The van der Waals surface area contributed by atoms with E-state index in [-0.39, 0.29) is 23.9 Å². The predicted molar refractivity (Wildman–Crippen MR) is 72.9 cm³/mol. The van der Waals surface area contributed by atoms with Crippen LogP contribution in [-0.2, 0) is 22.6 Å². The van der Waals surface area contributed by atoms with Crippen LogP contribution in [0, 0.1) is 0 Å². The molecular weight excluding hydrogens is 256 g/mol. The van der Waals surface area contributed by atoms with Gasteiger partial charge in [0.05, 0.1) is 0 Å². The van der Waals surface area contributed by atoms with Crippen molar-refractivity contribution in [3.05, 3.63) is 18.2 Å². The number of fused-ring (bicyclic) bond motifs is 1. The molecule has 2 amide bonds. The van der Waals surface area contributed by atoms with Crippen LogP contribution in [-0.4, -0.2) is 44.9 Å². The average molecular weight is 276 g/mol. The monoisotopic (exact) mass is 276 g/mol. The molecule has 2 unspecified atom stereocenters. The molecule has 0 radical (unpaired) electrons. The minimum Gasteiger partial charge on any atom is -0.350 e. The molecule has 0 saturated carbocycles. The molecule has 0 spiro atoms. The van der Waals surface area contributed by atoms with Gasteiger partial charge in [-0.25, -0.2) is 4.98 Å². The van der Waals surface area contributed by atoms with Crippen LogP contribution in [0.1, 0.15) is 32.0 Å². The predicted octanol–water partition coefficient (Wildman–Crippen LogP) is 0.325. The maximum Gasteiger partial charge on any atom is 0.243 e. The molecule has 2 aliphatic heterocycles. The molecule has 1 aromatic heterocycles. The van der Waals surface area contributed by atoms with E-state index in [1.54, 1.807) is 11.1 Å². The van der Waals surface area contributed by atoms with E-state index in [1.807, 2.05) is 6.20 Å². The van der Waals surface area contributed by atoms with Gasteiger partial charge >= 0.3 is 0 Å². The zero-order valence-corrected chi connectivity index (χ0v) is 11.7. The number of imidazole rings is 1. The fourth-order valence-electron chi connectivity index (χ4n) is 3.20. The Hall–Kier alpha value is -1.85. The lowest BCUT2D eigenvalue weighted by Gasteiger charge is -2.28. The van der Waals surface area contributed by atoms with Gasteiger partial charge in [0.1, 0.15) is 11.9 Å². The van der Waals surface area contributed by atoms with Crippen molar-refractivity contribution >= 4 is 11.8 Å². The molecular formula is C14H20N4O2. The van der Waals surface area contributed by atoms with Gasteiger partial charge in [0.2, 0.25) is 11.8 Å². The van der Waals surface area contributed by atoms with Crippen LogP contribution in [0.15, 0.2) is 12.4 Å². The van der Waals surface area contributed by atoms with Gasteiger partial charge in [-0.2, -0.15) is 0 Å². The Morgan fingerprint density at radius 3 is 3.05 bits per heavy atom. The molecule has 3 heterocycles. The van der Waals surface area contributed by atoms with Crippen molar-refractivity contribution < 1.29 is 9.59 Å². The maximum atomic E-state index is 12.3. The molecule has 1 aromatic rings. The summed E-state index contributed by atoms with van der Waals surface area (Å²) in [6.07, 6.45) is 7.23. The van der Waals surface area contributed by atoms with Crippen LogP contribution < -0.4 is 5.32 Å². The number of aromatic nitrogens is 2. The number of carbonyl (C=O) groups excluding carboxylic acids is 2. The van der Waals surface area contributed by atoms with Gasteiger partial charge in [0.15, 0.2) is 0 Å². The van der Waals surface area contributed by atoms with Gasteiger partial charge in [0, 0.05) is 44.9 Å². The summed E-state index contributed by atoms with van der Waals surface area (Å²) in [7, 11) is 0. The van der Waals surface area contributed by atoms with Crippen LogP contribution in [0.25, 0.3) is 0 Å². The third-order valence-electron chi connectivity index (χ3n) is 4.24. The normalized spacial score (nSPS) is 25.4. The van der Waals surface area contributed by atoms with Crippen LogP contribution in [0.5, 0.6) is 0 Å². The minimum absolute atomic E-state index is 0.00809. The maximum absolute atomic E-state index is 12.3. The molecule has 1 fully saturated rings. The zero-order valence-electron chi connectivity index (χ0n) is 11.7. The topological polar surface area (TPSA) is 67.2 Å². The molecule has 0 aliphatic carbocycles. The van der Waals surface area contributed by atoms with Gasteiger partial charge in [-0.1, -0.05) is 0 Å². The SMILES string of the molecule is CC(=O)N1CCCC1C(=O)NC1CCc2nccn2C1. The summed E-state index contributed by atoms with van der Waals surface area (Å²) in [6.45, 7) is 3.00. The quantitative estimate of drug-likeness (QED) is 0.846. The number of aryl methyl sites for hydroxylation is 1. The van der Waals surface area contributed by atoms with E-state index in [1.165, 1.54) is 6.92 Å². The van der Waals surface area contributed by atoms with Gasteiger partial charge < -0.3 is 14.8 Å². The number of hydrogen-bond acceptors (Lipinski definition) is 3. The first-order valence-corrected chi connectivity index (χ1v) is 7.23. The number of hydrogen-bond donors (Lipinski definition) is 1. The highest BCUT2D eigenvalue weighted by atomic mass is 16.2. The van der Waals surface area contributed by atoms with Gasteiger partial charge in [0.25, 0.3) is 0 Å².